The molecular weight excluding hydrogens is 318 g/mol. The number of piperidine rings is 3. The van der Waals surface area contributed by atoms with Crippen LogP contribution in [0.5, 0.6) is 0 Å². The van der Waals surface area contributed by atoms with Gasteiger partial charge in [-0.3, -0.25) is 9.69 Å². The molecule has 0 spiro atoms. The number of hydrogen-bond donors (Lipinski definition) is 0. The standard InChI is InChI=1S/C20H29NO2S/c1-20(2,24-3)13-17(15-7-5-4-6-8-15)19(22)23-18-14-21-11-9-16(18)10-12-21/h4-8,16-18H,9-14H2,1-3H3/t17?,18-/m0/s1. The maximum atomic E-state index is 13.0. The van der Waals surface area contributed by atoms with E-state index in [1.807, 2.05) is 30.0 Å². The molecular formula is C20H29NO2S. The van der Waals surface area contributed by atoms with Gasteiger partial charge in [0, 0.05) is 11.3 Å². The van der Waals surface area contributed by atoms with Crippen molar-refractivity contribution >= 4 is 17.7 Å². The van der Waals surface area contributed by atoms with Crippen LogP contribution in [-0.2, 0) is 9.53 Å². The smallest absolute Gasteiger partial charge is 0.313 e. The summed E-state index contributed by atoms with van der Waals surface area (Å²) >= 11 is 1.81. The largest absolute Gasteiger partial charge is 0.460 e. The molecule has 24 heavy (non-hydrogen) atoms. The molecule has 3 saturated heterocycles. The topological polar surface area (TPSA) is 29.5 Å². The Bertz CT molecular complexity index is 552. The SMILES string of the molecule is CSC(C)(C)CC(C(=O)O[C@H]1CN2CCC1CC2)c1ccccc1. The van der Waals surface area contributed by atoms with Crippen molar-refractivity contribution in [3.05, 3.63) is 35.9 Å². The molecule has 0 amide bonds. The van der Waals surface area contributed by atoms with E-state index in [9.17, 15) is 4.79 Å². The summed E-state index contributed by atoms with van der Waals surface area (Å²) in [5.74, 6) is 0.343. The number of rotatable bonds is 6. The number of hydrogen-bond acceptors (Lipinski definition) is 4. The lowest BCUT2D eigenvalue weighted by Gasteiger charge is -2.44. The van der Waals surface area contributed by atoms with Gasteiger partial charge in [0.15, 0.2) is 0 Å². The van der Waals surface area contributed by atoms with Crippen molar-refractivity contribution in [1.29, 1.82) is 0 Å². The molecule has 1 aromatic rings. The van der Waals surface area contributed by atoms with Crippen LogP contribution in [0.2, 0.25) is 0 Å². The van der Waals surface area contributed by atoms with Crippen LogP contribution >= 0.6 is 11.8 Å². The molecule has 2 bridgehead atoms. The van der Waals surface area contributed by atoms with Crippen LogP contribution in [0.3, 0.4) is 0 Å². The van der Waals surface area contributed by atoms with E-state index in [0.29, 0.717) is 5.92 Å². The van der Waals surface area contributed by atoms with Crippen molar-refractivity contribution in [3.63, 3.8) is 0 Å². The van der Waals surface area contributed by atoms with Gasteiger partial charge in [0.1, 0.15) is 6.10 Å². The van der Waals surface area contributed by atoms with Gasteiger partial charge in [-0.05, 0) is 50.1 Å². The molecule has 4 rings (SSSR count). The zero-order valence-electron chi connectivity index (χ0n) is 15.0. The van der Waals surface area contributed by atoms with E-state index < -0.39 is 0 Å². The first kappa shape index (κ1) is 17.8. The first-order valence-corrected chi connectivity index (χ1v) is 10.2. The van der Waals surface area contributed by atoms with Crippen molar-refractivity contribution < 1.29 is 9.53 Å². The fourth-order valence-corrected chi connectivity index (χ4v) is 4.21. The Morgan fingerprint density at radius 3 is 2.50 bits per heavy atom. The van der Waals surface area contributed by atoms with Gasteiger partial charge in [0.25, 0.3) is 0 Å². The third kappa shape index (κ3) is 4.15. The molecule has 3 nitrogen and oxygen atoms in total. The second kappa shape index (κ2) is 7.49. The summed E-state index contributed by atoms with van der Waals surface area (Å²) in [6, 6.07) is 10.1. The molecule has 0 aliphatic carbocycles. The van der Waals surface area contributed by atoms with Crippen molar-refractivity contribution in [1.82, 2.24) is 4.90 Å². The van der Waals surface area contributed by atoms with E-state index in [1.165, 1.54) is 25.9 Å². The molecule has 0 radical (unpaired) electrons. The fourth-order valence-electron chi connectivity index (χ4n) is 3.87. The quantitative estimate of drug-likeness (QED) is 0.729. The summed E-state index contributed by atoms with van der Waals surface area (Å²) in [6.07, 6.45) is 5.34. The van der Waals surface area contributed by atoms with E-state index in [2.05, 4.69) is 37.1 Å². The van der Waals surface area contributed by atoms with Crippen LogP contribution < -0.4 is 0 Å². The van der Waals surface area contributed by atoms with Crippen molar-refractivity contribution in [3.8, 4) is 0 Å². The fraction of sp³-hybridized carbons (Fsp3) is 0.650. The van der Waals surface area contributed by atoms with Gasteiger partial charge in [-0.2, -0.15) is 11.8 Å². The first-order chi connectivity index (χ1) is 11.5. The van der Waals surface area contributed by atoms with Gasteiger partial charge in [0.05, 0.1) is 5.92 Å². The van der Waals surface area contributed by atoms with Gasteiger partial charge < -0.3 is 4.74 Å². The third-order valence-electron chi connectivity index (χ3n) is 5.60. The zero-order valence-corrected chi connectivity index (χ0v) is 15.8. The van der Waals surface area contributed by atoms with Gasteiger partial charge in [0.2, 0.25) is 0 Å². The predicted octanol–water partition coefficient (Wildman–Crippen LogP) is 3.94. The first-order valence-electron chi connectivity index (χ1n) is 9.01. The molecule has 0 saturated carbocycles. The van der Waals surface area contributed by atoms with E-state index >= 15 is 0 Å². The molecule has 0 aromatic heterocycles. The van der Waals surface area contributed by atoms with Crippen molar-refractivity contribution in [2.24, 2.45) is 5.92 Å². The summed E-state index contributed by atoms with van der Waals surface area (Å²) < 4.78 is 6.09. The number of thioether (sulfide) groups is 1. The molecule has 0 N–H and O–H groups in total. The van der Waals surface area contributed by atoms with Crippen LogP contribution in [0, 0.1) is 5.92 Å². The normalized spacial score (nSPS) is 27.7. The monoisotopic (exact) mass is 347 g/mol. The van der Waals surface area contributed by atoms with Gasteiger partial charge >= 0.3 is 5.97 Å². The van der Waals surface area contributed by atoms with E-state index in [-0.39, 0.29) is 22.7 Å². The molecule has 1 unspecified atom stereocenters. The van der Waals surface area contributed by atoms with Crippen LogP contribution in [-0.4, -0.2) is 47.6 Å². The Kier molecular flexibility index (Phi) is 5.56. The number of carbonyl (C=O) groups is 1. The Morgan fingerprint density at radius 2 is 1.96 bits per heavy atom. The lowest BCUT2D eigenvalue weighted by atomic mass is 9.85. The van der Waals surface area contributed by atoms with Gasteiger partial charge in [-0.1, -0.05) is 44.2 Å². The van der Waals surface area contributed by atoms with Crippen LogP contribution in [0.25, 0.3) is 0 Å². The number of esters is 1. The van der Waals surface area contributed by atoms with Gasteiger partial charge in [-0.15, -0.1) is 0 Å². The summed E-state index contributed by atoms with van der Waals surface area (Å²) in [7, 11) is 0. The minimum atomic E-state index is -0.177. The highest BCUT2D eigenvalue weighted by atomic mass is 32.2. The lowest BCUT2D eigenvalue weighted by molar-refractivity contribution is -0.161. The maximum Gasteiger partial charge on any atom is 0.313 e. The average Bonchev–Trinajstić information content (AvgIpc) is 2.61. The number of benzene rings is 1. The predicted molar refractivity (Wildman–Crippen MR) is 100 cm³/mol. The number of carbonyl (C=O) groups excluding carboxylic acids is 1. The Hall–Kier alpha value is -1.00. The average molecular weight is 348 g/mol. The molecule has 132 valence electrons. The molecule has 3 fully saturated rings. The molecule has 3 heterocycles. The number of nitrogens with zero attached hydrogens (tertiary/aromatic N) is 1. The molecule has 3 aliphatic rings. The Morgan fingerprint density at radius 1 is 1.29 bits per heavy atom. The maximum absolute atomic E-state index is 13.0. The summed E-state index contributed by atoms with van der Waals surface area (Å²) in [5.41, 5.74) is 1.07. The Balaban J connectivity index is 1.73. The van der Waals surface area contributed by atoms with Crippen LogP contribution in [0.4, 0.5) is 0 Å². The minimum absolute atomic E-state index is 0.0397. The molecule has 2 atom stereocenters. The van der Waals surface area contributed by atoms with Crippen molar-refractivity contribution in [2.75, 3.05) is 25.9 Å². The summed E-state index contributed by atoms with van der Waals surface area (Å²) in [4.78, 5) is 15.5. The number of ether oxygens (including phenoxy) is 1. The Labute approximate surface area is 150 Å². The highest BCUT2D eigenvalue weighted by Gasteiger charge is 2.38. The van der Waals surface area contributed by atoms with Gasteiger partial charge in [-0.25, -0.2) is 0 Å². The second-order valence-electron chi connectivity index (χ2n) is 7.74. The molecule has 4 heteroatoms. The zero-order chi connectivity index (χ0) is 17.2. The highest BCUT2D eigenvalue weighted by Crippen LogP contribution is 2.36. The van der Waals surface area contributed by atoms with Crippen molar-refractivity contribution in [2.45, 2.75) is 49.9 Å². The third-order valence-corrected chi connectivity index (χ3v) is 6.87. The highest BCUT2D eigenvalue weighted by molar-refractivity contribution is 7.99. The lowest BCUT2D eigenvalue weighted by Crippen LogP contribution is -2.52. The van der Waals surface area contributed by atoms with Crippen LogP contribution in [0.15, 0.2) is 30.3 Å². The minimum Gasteiger partial charge on any atom is -0.460 e. The van der Waals surface area contributed by atoms with E-state index in [4.69, 9.17) is 4.74 Å². The van der Waals surface area contributed by atoms with E-state index in [0.717, 1.165) is 18.5 Å². The van der Waals surface area contributed by atoms with E-state index in [1.54, 1.807) is 0 Å². The van der Waals surface area contributed by atoms with Crippen LogP contribution in [0.1, 0.15) is 44.6 Å². The summed E-state index contributed by atoms with van der Waals surface area (Å²) in [5, 5.41) is 0. The molecule has 3 aliphatic heterocycles. The number of fused-ring (bicyclic) bond motifs is 3. The second-order valence-corrected chi connectivity index (χ2v) is 9.26. The summed E-state index contributed by atoms with van der Waals surface area (Å²) in [6.45, 7) is 7.66. The molecule has 1 aromatic carbocycles.